The summed E-state index contributed by atoms with van der Waals surface area (Å²) in [4.78, 5) is 53.7. The van der Waals surface area contributed by atoms with E-state index in [1.54, 1.807) is 51.1 Å². The van der Waals surface area contributed by atoms with Gasteiger partial charge in [0.05, 0.1) is 6.42 Å². The van der Waals surface area contributed by atoms with Gasteiger partial charge in [0.1, 0.15) is 17.7 Å². The van der Waals surface area contributed by atoms with Gasteiger partial charge in [-0.2, -0.15) is 0 Å². The number of benzene rings is 3. The topological polar surface area (TPSA) is 131 Å². The maximum atomic E-state index is 14.0. The molecule has 4 N–H and O–H groups in total. The fourth-order valence-corrected chi connectivity index (χ4v) is 4.31. The van der Waals surface area contributed by atoms with E-state index >= 15 is 0 Å². The molecule has 3 aromatic carbocycles. The number of amides is 4. The number of nitrogens with two attached hydrogens (primary N) is 1. The molecule has 4 amide bonds. The van der Waals surface area contributed by atoms with E-state index in [2.05, 4.69) is 23.1 Å². The van der Waals surface area contributed by atoms with Crippen molar-refractivity contribution in [2.45, 2.75) is 44.9 Å². The van der Waals surface area contributed by atoms with Crippen LogP contribution in [0.15, 0.2) is 79.4 Å². The average molecular weight is 555 g/mol. The lowest BCUT2D eigenvalue weighted by Gasteiger charge is -2.34. The molecule has 2 atom stereocenters. The van der Waals surface area contributed by atoms with Gasteiger partial charge in [-0.1, -0.05) is 60.5 Å². The van der Waals surface area contributed by atoms with Crippen LogP contribution in [0.1, 0.15) is 44.4 Å². The third-order valence-corrected chi connectivity index (χ3v) is 5.99. The number of nitrogens with zero attached hydrogens (tertiary/aromatic N) is 1. The number of nitrogens with one attached hydrogen (secondary N) is 2. The Labute approximate surface area is 239 Å². The zero-order chi connectivity index (χ0) is 30.2. The molecule has 0 aliphatic rings. The Balaban J connectivity index is 2.06. The summed E-state index contributed by atoms with van der Waals surface area (Å²) >= 11 is 0. The standard InChI is InChI=1S/C32H34N4O5/c1-6-18-36(30(39)26(20-27(33)37)35-31(40)41-32(3,4)5)28(25-15-11-10-12-21(25)7-2)29(38)34-24-17-16-22-13-8-9-14-23(22)19-24/h2,6,8-17,19,26,28H,1,18,20H2,3-5H3,(H2,33,37)(H,34,38)(H,35,40). The Morgan fingerprint density at radius 1 is 1.05 bits per heavy atom. The second kappa shape index (κ2) is 13.3. The predicted octanol–water partition coefficient (Wildman–Crippen LogP) is 4.28. The molecule has 41 heavy (non-hydrogen) atoms. The number of terminal acetylenes is 1. The van der Waals surface area contributed by atoms with Gasteiger partial charge in [0.15, 0.2) is 0 Å². The predicted molar refractivity (Wildman–Crippen MR) is 159 cm³/mol. The molecular formula is C32H34N4O5. The van der Waals surface area contributed by atoms with Crippen LogP contribution in [0.25, 0.3) is 10.8 Å². The third kappa shape index (κ3) is 8.19. The number of fused-ring (bicyclic) bond motifs is 1. The number of rotatable bonds is 10. The van der Waals surface area contributed by atoms with Crippen LogP contribution in [0.3, 0.4) is 0 Å². The quantitative estimate of drug-likeness (QED) is 0.254. The molecule has 0 saturated carbocycles. The van der Waals surface area contributed by atoms with Crippen LogP contribution in [-0.4, -0.2) is 46.9 Å². The van der Waals surface area contributed by atoms with Gasteiger partial charge in [-0.3, -0.25) is 14.4 Å². The van der Waals surface area contributed by atoms with Gasteiger partial charge in [0, 0.05) is 17.8 Å². The minimum Gasteiger partial charge on any atom is -0.444 e. The minimum absolute atomic E-state index is 0.112. The van der Waals surface area contributed by atoms with Gasteiger partial charge in [0.25, 0.3) is 5.91 Å². The molecule has 0 radical (unpaired) electrons. The number of hydrogen-bond donors (Lipinski definition) is 3. The molecular weight excluding hydrogens is 520 g/mol. The van der Waals surface area contributed by atoms with E-state index in [1.165, 1.54) is 11.0 Å². The van der Waals surface area contributed by atoms with Crippen molar-refractivity contribution >= 4 is 40.3 Å². The Bertz CT molecular complexity index is 1500. The summed E-state index contributed by atoms with van der Waals surface area (Å²) in [6, 6.07) is 17.2. The van der Waals surface area contributed by atoms with Crippen LogP contribution in [0.2, 0.25) is 0 Å². The highest BCUT2D eigenvalue weighted by Crippen LogP contribution is 2.28. The Hall–Kier alpha value is -5.10. The molecule has 2 unspecified atom stereocenters. The molecule has 0 bridgehead atoms. The maximum absolute atomic E-state index is 14.0. The molecule has 0 heterocycles. The Kier molecular flexibility index (Phi) is 9.88. The first-order chi connectivity index (χ1) is 19.4. The van der Waals surface area contributed by atoms with Gasteiger partial charge < -0.3 is 26.0 Å². The number of carbonyl (C=O) groups excluding carboxylic acids is 4. The maximum Gasteiger partial charge on any atom is 0.408 e. The third-order valence-electron chi connectivity index (χ3n) is 5.99. The van der Waals surface area contributed by atoms with Gasteiger partial charge in [-0.05, 0) is 55.3 Å². The first-order valence-corrected chi connectivity index (χ1v) is 13.0. The van der Waals surface area contributed by atoms with E-state index < -0.39 is 47.9 Å². The number of carbonyl (C=O) groups is 4. The molecule has 0 aromatic heterocycles. The van der Waals surface area contributed by atoms with Crippen molar-refractivity contribution in [3.63, 3.8) is 0 Å². The van der Waals surface area contributed by atoms with Crippen molar-refractivity contribution in [2.75, 3.05) is 11.9 Å². The van der Waals surface area contributed by atoms with Crippen LogP contribution in [0.4, 0.5) is 10.5 Å². The summed E-state index contributed by atoms with van der Waals surface area (Å²) in [5.41, 5.74) is 5.82. The monoisotopic (exact) mass is 554 g/mol. The van der Waals surface area contributed by atoms with Crippen LogP contribution < -0.4 is 16.4 Å². The minimum atomic E-state index is -1.42. The van der Waals surface area contributed by atoms with Crippen molar-refractivity contribution in [2.24, 2.45) is 5.73 Å². The normalized spacial score (nSPS) is 12.3. The zero-order valence-electron chi connectivity index (χ0n) is 23.3. The van der Waals surface area contributed by atoms with Crippen molar-refractivity contribution in [1.29, 1.82) is 0 Å². The largest absolute Gasteiger partial charge is 0.444 e. The molecule has 9 nitrogen and oxygen atoms in total. The lowest BCUT2D eigenvalue weighted by molar-refractivity contribution is -0.141. The molecule has 3 rings (SSSR count). The van der Waals surface area contributed by atoms with Crippen LogP contribution in [0, 0.1) is 12.3 Å². The lowest BCUT2D eigenvalue weighted by atomic mass is 9.97. The van der Waals surface area contributed by atoms with Gasteiger partial charge >= 0.3 is 6.09 Å². The molecule has 3 aromatic rings. The van der Waals surface area contributed by atoms with Gasteiger partial charge in [-0.15, -0.1) is 13.0 Å². The molecule has 9 heteroatoms. The van der Waals surface area contributed by atoms with E-state index in [4.69, 9.17) is 16.9 Å². The molecule has 0 spiro atoms. The fourth-order valence-electron chi connectivity index (χ4n) is 4.31. The molecule has 0 aliphatic carbocycles. The fraction of sp³-hybridized carbons (Fsp3) is 0.250. The van der Waals surface area contributed by atoms with E-state index in [0.29, 0.717) is 16.8 Å². The number of alkyl carbamates (subject to hydrolysis) is 1. The second-order valence-electron chi connectivity index (χ2n) is 10.3. The first kappa shape index (κ1) is 30.4. The number of ether oxygens (including phenoxy) is 1. The summed E-state index contributed by atoms with van der Waals surface area (Å²) in [5.74, 6) is 0.421. The van der Waals surface area contributed by atoms with Crippen LogP contribution >= 0.6 is 0 Å². The van der Waals surface area contributed by atoms with Crippen molar-refractivity contribution < 1.29 is 23.9 Å². The average Bonchev–Trinajstić information content (AvgIpc) is 2.91. The van der Waals surface area contributed by atoms with E-state index in [0.717, 1.165) is 10.8 Å². The van der Waals surface area contributed by atoms with E-state index in [1.807, 2.05) is 36.4 Å². The van der Waals surface area contributed by atoms with Crippen molar-refractivity contribution in [3.8, 4) is 12.3 Å². The summed E-state index contributed by atoms with van der Waals surface area (Å²) in [6.45, 7) is 8.60. The lowest BCUT2D eigenvalue weighted by Crippen LogP contribution is -2.53. The summed E-state index contributed by atoms with van der Waals surface area (Å²) in [5, 5.41) is 7.22. The molecule has 0 fully saturated rings. The second-order valence-corrected chi connectivity index (χ2v) is 10.3. The first-order valence-electron chi connectivity index (χ1n) is 13.0. The molecule has 0 saturated heterocycles. The Morgan fingerprint density at radius 2 is 1.71 bits per heavy atom. The highest BCUT2D eigenvalue weighted by Gasteiger charge is 2.37. The summed E-state index contributed by atoms with van der Waals surface area (Å²) in [7, 11) is 0. The highest BCUT2D eigenvalue weighted by molar-refractivity contribution is 6.01. The van der Waals surface area contributed by atoms with E-state index in [9.17, 15) is 19.2 Å². The van der Waals surface area contributed by atoms with Gasteiger partial charge in [-0.25, -0.2) is 4.79 Å². The van der Waals surface area contributed by atoms with E-state index in [-0.39, 0.29) is 6.54 Å². The van der Waals surface area contributed by atoms with Gasteiger partial charge in [0.2, 0.25) is 11.8 Å². The molecule has 0 aliphatic heterocycles. The summed E-state index contributed by atoms with van der Waals surface area (Å²) < 4.78 is 5.28. The highest BCUT2D eigenvalue weighted by atomic mass is 16.6. The SMILES string of the molecule is C#Cc1ccccc1C(C(=O)Nc1ccc2ccccc2c1)N(CC=C)C(=O)C(CC(N)=O)NC(=O)OC(C)(C)C. The van der Waals surface area contributed by atoms with Crippen LogP contribution in [0.5, 0.6) is 0 Å². The smallest absolute Gasteiger partial charge is 0.408 e. The van der Waals surface area contributed by atoms with Crippen LogP contribution in [-0.2, 0) is 19.1 Å². The zero-order valence-corrected chi connectivity index (χ0v) is 23.3. The van der Waals surface area contributed by atoms with Crippen molar-refractivity contribution in [1.82, 2.24) is 10.2 Å². The summed E-state index contributed by atoms with van der Waals surface area (Å²) in [6.07, 6.45) is 5.75. The number of anilines is 1. The van der Waals surface area contributed by atoms with Crippen molar-refractivity contribution in [3.05, 3.63) is 90.5 Å². The Morgan fingerprint density at radius 3 is 2.34 bits per heavy atom. The molecule has 212 valence electrons. The number of primary amides is 1. The number of hydrogen-bond acceptors (Lipinski definition) is 5.